The molecule has 0 amide bonds. The van der Waals surface area contributed by atoms with Gasteiger partial charge < -0.3 is 9.64 Å². The summed E-state index contributed by atoms with van der Waals surface area (Å²) >= 11 is 5.99. The second-order valence-corrected chi connectivity index (χ2v) is 4.64. The van der Waals surface area contributed by atoms with Crippen molar-refractivity contribution in [1.29, 1.82) is 0 Å². The molecule has 1 aromatic carbocycles. The van der Waals surface area contributed by atoms with Gasteiger partial charge in [-0.05, 0) is 24.7 Å². The number of halogens is 3. The molecule has 1 atom stereocenters. The van der Waals surface area contributed by atoms with E-state index in [1.165, 1.54) is 12.1 Å². The molecule has 0 saturated carbocycles. The Kier molecular flexibility index (Phi) is 5.82. The van der Waals surface area contributed by atoms with E-state index in [0.29, 0.717) is 25.3 Å². The monoisotopic (exact) mass is 263 g/mol. The molecule has 0 aromatic heterocycles. The molecular formula is C12H16ClF2NO. The van der Waals surface area contributed by atoms with E-state index in [4.69, 9.17) is 16.3 Å². The second-order valence-electron chi connectivity index (χ2n) is 4.03. The molecule has 0 saturated heterocycles. The van der Waals surface area contributed by atoms with Crippen LogP contribution >= 0.6 is 11.6 Å². The summed E-state index contributed by atoms with van der Waals surface area (Å²) in [5, 5.41) is -0.136. The predicted octanol–water partition coefficient (Wildman–Crippen LogP) is 2.65. The Bertz CT molecular complexity index is 342. The van der Waals surface area contributed by atoms with Gasteiger partial charge in [-0.15, -0.1) is 11.6 Å². The van der Waals surface area contributed by atoms with E-state index in [1.54, 1.807) is 7.11 Å². The summed E-state index contributed by atoms with van der Waals surface area (Å²) in [4.78, 5) is 1.89. The summed E-state index contributed by atoms with van der Waals surface area (Å²) in [5.41, 5.74) is 0.589. The number of alkyl halides is 1. The molecule has 1 aromatic rings. The lowest BCUT2D eigenvalue weighted by atomic mass is 10.2. The van der Waals surface area contributed by atoms with Gasteiger partial charge in [-0.3, -0.25) is 0 Å². The molecular weight excluding hydrogens is 248 g/mol. The van der Waals surface area contributed by atoms with Crippen LogP contribution < -0.4 is 0 Å². The number of nitrogens with zero attached hydrogens (tertiary/aromatic N) is 1. The van der Waals surface area contributed by atoms with Gasteiger partial charge in [-0.25, -0.2) is 8.78 Å². The predicted molar refractivity (Wildman–Crippen MR) is 64.2 cm³/mol. The second kappa shape index (κ2) is 6.89. The van der Waals surface area contributed by atoms with E-state index in [2.05, 4.69) is 0 Å². The third-order valence-electron chi connectivity index (χ3n) is 2.23. The third-order valence-corrected chi connectivity index (χ3v) is 2.50. The van der Waals surface area contributed by atoms with Gasteiger partial charge in [-0.2, -0.15) is 0 Å². The fourth-order valence-corrected chi connectivity index (χ4v) is 2.01. The van der Waals surface area contributed by atoms with Crippen molar-refractivity contribution in [3.8, 4) is 0 Å². The van der Waals surface area contributed by atoms with Crippen LogP contribution in [-0.4, -0.2) is 37.6 Å². The van der Waals surface area contributed by atoms with Gasteiger partial charge in [0.25, 0.3) is 0 Å². The molecule has 0 spiro atoms. The van der Waals surface area contributed by atoms with Crippen LogP contribution in [0.4, 0.5) is 8.78 Å². The van der Waals surface area contributed by atoms with E-state index >= 15 is 0 Å². The quantitative estimate of drug-likeness (QED) is 0.732. The van der Waals surface area contributed by atoms with Crippen molar-refractivity contribution in [3.05, 3.63) is 35.4 Å². The minimum absolute atomic E-state index is 0.136. The lowest BCUT2D eigenvalue weighted by Gasteiger charge is -2.19. The van der Waals surface area contributed by atoms with Crippen LogP contribution in [0, 0.1) is 11.6 Å². The molecule has 0 N–H and O–H groups in total. The Labute approximate surface area is 105 Å². The maximum atomic E-state index is 13.0. The van der Waals surface area contributed by atoms with Crippen molar-refractivity contribution in [1.82, 2.24) is 4.90 Å². The van der Waals surface area contributed by atoms with Crippen LogP contribution in [0.2, 0.25) is 0 Å². The molecule has 0 radical (unpaired) electrons. The van der Waals surface area contributed by atoms with Crippen molar-refractivity contribution < 1.29 is 13.5 Å². The van der Waals surface area contributed by atoms with E-state index in [1.807, 2.05) is 11.9 Å². The zero-order valence-electron chi connectivity index (χ0n) is 9.92. The highest BCUT2D eigenvalue weighted by molar-refractivity contribution is 6.20. The first-order valence-corrected chi connectivity index (χ1v) is 5.71. The summed E-state index contributed by atoms with van der Waals surface area (Å²) in [7, 11) is 3.42. The topological polar surface area (TPSA) is 12.5 Å². The molecule has 0 heterocycles. The summed E-state index contributed by atoms with van der Waals surface area (Å²) in [5.74, 6) is -1.12. The minimum Gasteiger partial charge on any atom is -0.383 e. The van der Waals surface area contributed by atoms with Gasteiger partial charge in [0, 0.05) is 26.3 Å². The van der Waals surface area contributed by atoms with Crippen LogP contribution in [-0.2, 0) is 11.3 Å². The smallest absolute Gasteiger partial charge is 0.126 e. The molecule has 0 aliphatic heterocycles. The van der Waals surface area contributed by atoms with Crippen LogP contribution in [0.1, 0.15) is 5.56 Å². The maximum absolute atomic E-state index is 13.0. The molecule has 1 rings (SSSR count). The minimum atomic E-state index is -0.562. The summed E-state index contributed by atoms with van der Waals surface area (Å²) < 4.78 is 30.8. The van der Waals surface area contributed by atoms with E-state index in [0.717, 1.165) is 6.07 Å². The van der Waals surface area contributed by atoms with Crippen molar-refractivity contribution in [2.24, 2.45) is 0 Å². The van der Waals surface area contributed by atoms with E-state index in [9.17, 15) is 8.78 Å². The fraction of sp³-hybridized carbons (Fsp3) is 0.500. The number of hydrogen-bond acceptors (Lipinski definition) is 2. The Morgan fingerprint density at radius 3 is 2.41 bits per heavy atom. The van der Waals surface area contributed by atoms with Gasteiger partial charge in [0.15, 0.2) is 0 Å². The Balaban J connectivity index is 2.52. The molecule has 0 bridgehead atoms. The molecule has 0 aliphatic carbocycles. The first-order chi connectivity index (χ1) is 8.01. The van der Waals surface area contributed by atoms with Crippen LogP contribution in [0.25, 0.3) is 0 Å². The average molecular weight is 264 g/mol. The Hall–Kier alpha value is -0.710. The largest absolute Gasteiger partial charge is 0.383 e. The van der Waals surface area contributed by atoms with Gasteiger partial charge in [0.1, 0.15) is 11.6 Å². The Morgan fingerprint density at radius 2 is 1.88 bits per heavy atom. The maximum Gasteiger partial charge on any atom is 0.126 e. The molecule has 5 heteroatoms. The average Bonchev–Trinajstić information content (AvgIpc) is 2.14. The van der Waals surface area contributed by atoms with E-state index < -0.39 is 11.6 Å². The van der Waals surface area contributed by atoms with Crippen molar-refractivity contribution in [2.75, 3.05) is 27.3 Å². The van der Waals surface area contributed by atoms with Gasteiger partial charge in [0.05, 0.1) is 12.0 Å². The molecule has 96 valence electrons. The van der Waals surface area contributed by atoms with Gasteiger partial charge in [0.2, 0.25) is 0 Å². The number of rotatable bonds is 6. The number of ether oxygens (including phenoxy) is 1. The summed E-state index contributed by atoms with van der Waals surface area (Å²) in [6.07, 6.45) is 0. The highest BCUT2D eigenvalue weighted by atomic mass is 35.5. The molecule has 0 fully saturated rings. The molecule has 1 unspecified atom stereocenters. The van der Waals surface area contributed by atoms with Gasteiger partial charge >= 0.3 is 0 Å². The fourth-order valence-electron chi connectivity index (χ4n) is 1.65. The standard InChI is InChI=1S/C12H16ClF2NO/c1-16(7-10(13)8-17-2)6-9-3-11(14)5-12(15)4-9/h3-5,10H,6-8H2,1-2H3. The molecule has 2 nitrogen and oxygen atoms in total. The highest BCUT2D eigenvalue weighted by Gasteiger charge is 2.09. The normalized spacial score (nSPS) is 13.1. The van der Waals surface area contributed by atoms with Crippen molar-refractivity contribution in [2.45, 2.75) is 11.9 Å². The lowest BCUT2D eigenvalue weighted by Crippen LogP contribution is -2.28. The van der Waals surface area contributed by atoms with E-state index in [-0.39, 0.29) is 5.38 Å². The number of hydrogen-bond donors (Lipinski definition) is 0. The highest BCUT2D eigenvalue weighted by Crippen LogP contribution is 2.10. The first kappa shape index (κ1) is 14.4. The zero-order chi connectivity index (χ0) is 12.8. The SMILES string of the molecule is COCC(Cl)CN(C)Cc1cc(F)cc(F)c1. The third kappa shape index (κ3) is 5.44. The van der Waals surface area contributed by atoms with Crippen LogP contribution in [0.3, 0.4) is 0 Å². The number of benzene rings is 1. The van der Waals surface area contributed by atoms with Crippen LogP contribution in [0.15, 0.2) is 18.2 Å². The lowest BCUT2D eigenvalue weighted by molar-refractivity contribution is 0.181. The molecule has 17 heavy (non-hydrogen) atoms. The zero-order valence-corrected chi connectivity index (χ0v) is 10.7. The Morgan fingerprint density at radius 1 is 1.29 bits per heavy atom. The van der Waals surface area contributed by atoms with Gasteiger partial charge in [-0.1, -0.05) is 0 Å². The first-order valence-electron chi connectivity index (χ1n) is 5.27. The molecule has 0 aliphatic rings. The van der Waals surface area contributed by atoms with Crippen molar-refractivity contribution in [3.63, 3.8) is 0 Å². The van der Waals surface area contributed by atoms with Crippen LogP contribution in [0.5, 0.6) is 0 Å². The number of methoxy groups -OCH3 is 1. The summed E-state index contributed by atoms with van der Waals surface area (Å²) in [6.45, 7) is 1.48. The summed E-state index contributed by atoms with van der Waals surface area (Å²) in [6, 6.07) is 3.50. The van der Waals surface area contributed by atoms with Crippen molar-refractivity contribution >= 4 is 11.6 Å².